The molecule has 1 atom stereocenters. The highest BCUT2D eigenvalue weighted by atomic mass is 32.2. The maximum Gasteiger partial charge on any atom is 0.120 e. The van der Waals surface area contributed by atoms with Crippen LogP contribution in [0.1, 0.15) is 31.0 Å². The Labute approximate surface area is 125 Å². The maximum absolute atomic E-state index is 6.35. The van der Waals surface area contributed by atoms with E-state index in [1.54, 1.807) is 11.8 Å². The highest BCUT2D eigenvalue weighted by molar-refractivity contribution is 7.98. The van der Waals surface area contributed by atoms with Crippen molar-refractivity contribution in [2.24, 2.45) is 5.73 Å². The highest BCUT2D eigenvalue weighted by Gasteiger charge is 2.10. The van der Waals surface area contributed by atoms with Crippen molar-refractivity contribution in [3.63, 3.8) is 0 Å². The summed E-state index contributed by atoms with van der Waals surface area (Å²) in [6, 6.07) is 16.3. The second-order valence-corrected chi connectivity index (χ2v) is 5.87. The summed E-state index contributed by atoms with van der Waals surface area (Å²) in [5.41, 5.74) is 8.53. The van der Waals surface area contributed by atoms with Crippen LogP contribution in [-0.2, 0) is 0 Å². The number of rotatable bonds is 5. The molecule has 0 aromatic heterocycles. The van der Waals surface area contributed by atoms with Crippen molar-refractivity contribution in [2.45, 2.75) is 30.9 Å². The number of hydrogen-bond donors (Lipinski definition) is 1. The Morgan fingerprint density at radius 1 is 1.00 bits per heavy atom. The Bertz CT molecular complexity index is 551. The van der Waals surface area contributed by atoms with E-state index in [2.05, 4.69) is 30.5 Å². The lowest BCUT2D eigenvalue weighted by atomic mass is 9.99. The third-order valence-corrected chi connectivity index (χ3v) is 3.81. The number of benzene rings is 2. The summed E-state index contributed by atoms with van der Waals surface area (Å²) in [4.78, 5) is 1.25. The molecule has 2 aromatic carbocycles. The molecule has 2 rings (SSSR count). The third-order valence-electron chi connectivity index (χ3n) is 3.06. The summed E-state index contributed by atoms with van der Waals surface area (Å²) < 4.78 is 5.72. The van der Waals surface area contributed by atoms with Crippen molar-refractivity contribution in [1.29, 1.82) is 0 Å². The Kier molecular flexibility index (Phi) is 5.10. The molecule has 2 nitrogen and oxygen atoms in total. The molecular weight excluding hydrogens is 266 g/mol. The van der Waals surface area contributed by atoms with Gasteiger partial charge in [0.1, 0.15) is 5.75 Å². The summed E-state index contributed by atoms with van der Waals surface area (Å²) in [6.07, 6.45) is 2.24. The van der Waals surface area contributed by atoms with E-state index in [-0.39, 0.29) is 12.1 Å². The average molecular weight is 287 g/mol. The van der Waals surface area contributed by atoms with E-state index in [4.69, 9.17) is 10.5 Å². The summed E-state index contributed by atoms with van der Waals surface area (Å²) in [6.45, 7) is 4.04. The number of thioether (sulfide) groups is 1. The van der Waals surface area contributed by atoms with E-state index in [0.29, 0.717) is 0 Å². The molecule has 0 aliphatic carbocycles. The first kappa shape index (κ1) is 14.9. The van der Waals surface area contributed by atoms with Crippen molar-refractivity contribution in [3.8, 4) is 5.75 Å². The van der Waals surface area contributed by atoms with Crippen LogP contribution in [0.25, 0.3) is 0 Å². The molecule has 0 bridgehead atoms. The van der Waals surface area contributed by atoms with Gasteiger partial charge in [0.15, 0.2) is 0 Å². The smallest absolute Gasteiger partial charge is 0.120 e. The lowest BCUT2D eigenvalue weighted by molar-refractivity contribution is 0.242. The van der Waals surface area contributed by atoms with Crippen LogP contribution in [0.3, 0.4) is 0 Å². The van der Waals surface area contributed by atoms with Crippen LogP contribution in [0, 0.1) is 0 Å². The van der Waals surface area contributed by atoms with Gasteiger partial charge in [0.05, 0.1) is 12.1 Å². The monoisotopic (exact) mass is 287 g/mol. The first-order chi connectivity index (χ1) is 9.60. The Morgan fingerprint density at radius 2 is 1.70 bits per heavy atom. The number of nitrogens with two attached hydrogens (primary N) is 1. The summed E-state index contributed by atoms with van der Waals surface area (Å²) >= 11 is 1.73. The van der Waals surface area contributed by atoms with Gasteiger partial charge in [0.25, 0.3) is 0 Å². The second-order valence-electron chi connectivity index (χ2n) is 4.99. The van der Waals surface area contributed by atoms with Crippen LogP contribution in [0.5, 0.6) is 5.75 Å². The van der Waals surface area contributed by atoms with Crippen molar-refractivity contribution >= 4 is 11.8 Å². The molecule has 0 amide bonds. The van der Waals surface area contributed by atoms with E-state index in [1.807, 2.05) is 38.1 Å². The molecule has 0 fully saturated rings. The molecule has 2 aromatic rings. The molecule has 0 spiro atoms. The van der Waals surface area contributed by atoms with Gasteiger partial charge in [-0.15, -0.1) is 11.8 Å². The molecule has 0 saturated heterocycles. The minimum Gasteiger partial charge on any atom is -0.491 e. The van der Waals surface area contributed by atoms with Gasteiger partial charge in [-0.05, 0) is 55.5 Å². The first-order valence-corrected chi connectivity index (χ1v) is 7.99. The number of hydrogen-bond acceptors (Lipinski definition) is 3. The molecule has 2 N–H and O–H groups in total. The van der Waals surface area contributed by atoms with Crippen LogP contribution in [0.15, 0.2) is 53.4 Å². The molecular formula is C17H21NOS. The van der Waals surface area contributed by atoms with Gasteiger partial charge in [0, 0.05) is 4.90 Å². The Morgan fingerprint density at radius 3 is 2.30 bits per heavy atom. The molecule has 0 saturated carbocycles. The summed E-state index contributed by atoms with van der Waals surface area (Å²) in [7, 11) is 0. The zero-order chi connectivity index (χ0) is 14.5. The largest absolute Gasteiger partial charge is 0.491 e. The van der Waals surface area contributed by atoms with Crippen LogP contribution < -0.4 is 10.5 Å². The molecule has 0 aliphatic rings. The zero-order valence-electron chi connectivity index (χ0n) is 12.2. The van der Waals surface area contributed by atoms with Crippen molar-refractivity contribution in [3.05, 3.63) is 59.7 Å². The fraction of sp³-hybridized carbons (Fsp3) is 0.294. The van der Waals surface area contributed by atoms with Gasteiger partial charge in [0.2, 0.25) is 0 Å². The standard InChI is InChI=1S/C17H21NOS/c1-12(2)19-15-6-4-5-14(11-15)17(18)13-7-9-16(20-3)10-8-13/h4-12,17H,18H2,1-3H3. The van der Waals surface area contributed by atoms with Gasteiger partial charge in [-0.3, -0.25) is 0 Å². The predicted octanol–water partition coefficient (Wildman–Crippen LogP) is 4.24. The summed E-state index contributed by atoms with van der Waals surface area (Å²) in [5.74, 6) is 0.869. The average Bonchev–Trinajstić information content (AvgIpc) is 2.46. The Hall–Kier alpha value is -1.45. The van der Waals surface area contributed by atoms with Gasteiger partial charge >= 0.3 is 0 Å². The molecule has 106 valence electrons. The van der Waals surface area contributed by atoms with Crippen LogP contribution >= 0.6 is 11.8 Å². The SMILES string of the molecule is CSc1ccc(C(N)c2cccc(OC(C)C)c2)cc1. The van der Waals surface area contributed by atoms with E-state index in [0.717, 1.165) is 16.9 Å². The van der Waals surface area contributed by atoms with Gasteiger partial charge in [-0.2, -0.15) is 0 Å². The quantitative estimate of drug-likeness (QED) is 0.835. The van der Waals surface area contributed by atoms with E-state index in [1.165, 1.54) is 4.90 Å². The normalized spacial score (nSPS) is 12.4. The van der Waals surface area contributed by atoms with Crippen molar-refractivity contribution in [2.75, 3.05) is 6.26 Å². The highest BCUT2D eigenvalue weighted by Crippen LogP contribution is 2.25. The zero-order valence-corrected chi connectivity index (χ0v) is 13.0. The van der Waals surface area contributed by atoms with Crippen LogP contribution in [0.4, 0.5) is 0 Å². The maximum atomic E-state index is 6.35. The molecule has 3 heteroatoms. The van der Waals surface area contributed by atoms with E-state index < -0.39 is 0 Å². The van der Waals surface area contributed by atoms with Gasteiger partial charge < -0.3 is 10.5 Å². The molecule has 0 aliphatic heterocycles. The minimum atomic E-state index is -0.124. The Balaban J connectivity index is 2.20. The fourth-order valence-electron chi connectivity index (χ4n) is 2.06. The van der Waals surface area contributed by atoms with Crippen molar-refractivity contribution < 1.29 is 4.74 Å². The lowest BCUT2D eigenvalue weighted by Crippen LogP contribution is -2.12. The molecule has 20 heavy (non-hydrogen) atoms. The van der Waals surface area contributed by atoms with Gasteiger partial charge in [-0.1, -0.05) is 24.3 Å². The predicted molar refractivity (Wildman–Crippen MR) is 86.5 cm³/mol. The van der Waals surface area contributed by atoms with Crippen LogP contribution in [-0.4, -0.2) is 12.4 Å². The second kappa shape index (κ2) is 6.82. The van der Waals surface area contributed by atoms with Gasteiger partial charge in [-0.25, -0.2) is 0 Å². The minimum absolute atomic E-state index is 0.124. The topological polar surface area (TPSA) is 35.2 Å². The van der Waals surface area contributed by atoms with Crippen LogP contribution in [0.2, 0.25) is 0 Å². The third kappa shape index (κ3) is 3.78. The van der Waals surface area contributed by atoms with E-state index in [9.17, 15) is 0 Å². The lowest BCUT2D eigenvalue weighted by Gasteiger charge is -2.15. The van der Waals surface area contributed by atoms with Crippen molar-refractivity contribution in [1.82, 2.24) is 0 Å². The molecule has 0 radical (unpaired) electrons. The molecule has 0 heterocycles. The first-order valence-electron chi connectivity index (χ1n) is 6.76. The molecule has 1 unspecified atom stereocenters. The fourth-order valence-corrected chi connectivity index (χ4v) is 2.47. The van der Waals surface area contributed by atoms with E-state index >= 15 is 0 Å². The number of ether oxygens (including phenoxy) is 1. The summed E-state index contributed by atoms with van der Waals surface area (Å²) in [5, 5.41) is 0.